The number of anilines is 1. The van der Waals surface area contributed by atoms with Crippen molar-refractivity contribution in [3.8, 4) is 0 Å². The van der Waals surface area contributed by atoms with Crippen LogP contribution in [-0.2, 0) is 5.54 Å². The zero-order valence-corrected chi connectivity index (χ0v) is 16.1. The van der Waals surface area contributed by atoms with E-state index in [1.807, 2.05) is 24.3 Å². The van der Waals surface area contributed by atoms with Crippen molar-refractivity contribution >= 4 is 22.7 Å². The maximum atomic E-state index is 11.0. The molecule has 2 aromatic carbocycles. The van der Waals surface area contributed by atoms with E-state index in [1.54, 1.807) is 0 Å². The molecule has 5 rings (SSSR count). The first-order valence-corrected chi connectivity index (χ1v) is 10.00. The predicted molar refractivity (Wildman–Crippen MR) is 111 cm³/mol. The summed E-state index contributed by atoms with van der Waals surface area (Å²) in [4.78, 5) is 13.4. The number of aldehydes is 1. The van der Waals surface area contributed by atoms with Crippen LogP contribution in [0.2, 0.25) is 0 Å². The second kappa shape index (κ2) is 6.67. The van der Waals surface area contributed by atoms with E-state index in [2.05, 4.69) is 41.4 Å². The molecule has 1 aliphatic carbocycles. The van der Waals surface area contributed by atoms with Crippen LogP contribution in [0.3, 0.4) is 0 Å². The van der Waals surface area contributed by atoms with E-state index in [0.29, 0.717) is 11.5 Å². The maximum Gasteiger partial charge on any atom is 0.150 e. The highest BCUT2D eigenvalue weighted by molar-refractivity contribution is 5.88. The van der Waals surface area contributed by atoms with Crippen molar-refractivity contribution in [3.63, 3.8) is 0 Å². The van der Waals surface area contributed by atoms with Crippen LogP contribution < -0.4 is 10.2 Å². The van der Waals surface area contributed by atoms with Gasteiger partial charge in [0.1, 0.15) is 6.29 Å². The van der Waals surface area contributed by atoms with Gasteiger partial charge in [0.05, 0.1) is 16.9 Å². The predicted octanol–water partition coefficient (Wildman–Crippen LogP) is 3.64. The number of carbonyl (C=O) groups is 1. The SMILES string of the molecule is CC1(c2nnc(C3CC3)c3ccccc23)CNCCN1c1ccc(C=O)cc1. The summed E-state index contributed by atoms with van der Waals surface area (Å²) in [6, 6.07) is 16.4. The monoisotopic (exact) mass is 372 g/mol. The molecule has 5 heteroatoms. The summed E-state index contributed by atoms with van der Waals surface area (Å²) in [7, 11) is 0. The smallest absolute Gasteiger partial charge is 0.150 e. The van der Waals surface area contributed by atoms with Crippen LogP contribution in [0.5, 0.6) is 0 Å². The van der Waals surface area contributed by atoms with Crippen LogP contribution in [-0.4, -0.2) is 36.1 Å². The van der Waals surface area contributed by atoms with Crippen LogP contribution in [0, 0.1) is 0 Å². The Morgan fingerprint density at radius 2 is 1.82 bits per heavy atom. The fraction of sp³-hybridized carbons (Fsp3) is 0.348. The molecule has 1 saturated carbocycles. The van der Waals surface area contributed by atoms with Gasteiger partial charge >= 0.3 is 0 Å². The fourth-order valence-electron chi connectivity index (χ4n) is 4.40. The Hall–Kier alpha value is -2.79. The van der Waals surface area contributed by atoms with Gasteiger partial charge < -0.3 is 10.2 Å². The Labute approximate surface area is 164 Å². The highest BCUT2D eigenvalue weighted by Gasteiger charge is 2.40. The van der Waals surface area contributed by atoms with Crippen LogP contribution in [0.15, 0.2) is 48.5 Å². The van der Waals surface area contributed by atoms with Gasteiger partial charge in [-0.25, -0.2) is 0 Å². The Bertz CT molecular complexity index is 1030. The number of aromatic nitrogens is 2. The van der Waals surface area contributed by atoms with Gasteiger partial charge in [0, 0.05) is 47.6 Å². The maximum absolute atomic E-state index is 11.0. The van der Waals surface area contributed by atoms with Gasteiger partial charge in [0.2, 0.25) is 0 Å². The number of benzene rings is 2. The van der Waals surface area contributed by atoms with E-state index in [0.717, 1.165) is 43.0 Å². The molecule has 1 aromatic heterocycles. The van der Waals surface area contributed by atoms with Gasteiger partial charge in [-0.1, -0.05) is 24.3 Å². The number of nitrogens with zero attached hydrogens (tertiary/aromatic N) is 3. The standard InChI is InChI=1S/C23H24N4O/c1-23(15-24-12-13-27(23)18-10-6-16(14-28)7-11-18)22-20-5-3-2-4-19(20)21(25-26-22)17-8-9-17/h2-7,10-11,14,17,24H,8-9,12-13,15H2,1H3. The molecule has 1 unspecified atom stereocenters. The quantitative estimate of drug-likeness (QED) is 0.709. The third-order valence-corrected chi connectivity index (χ3v) is 6.11. The average Bonchev–Trinajstić information content (AvgIpc) is 3.59. The van der Waals surface area contributed by atoms with Gasteiger partial charge in [-0.3, -0.25) is 4.79 Å². The summed E-state index contributed by atoms with van der Waals surface area (Å²) < 4.78 is 0. The van der Waals surface area contributed by atoms with Crippen molar-refractivity contribution in [2.75, 3.05) is 24.5 Å². The molecule has 0 bridgehead atoms. The summed E-state index contributed by atoms with van der Waals surface area (Å²) >= 11 is 0. The minimum absolute atomic E-state index is 0.324. The molecule has 1 N–H and O–H groups in total. The molecule has 3 aromatic rings. The topological polar surface area (TPSA) is 58.1 Å². The van der Waals surface area contributed by atoms with Crippen LogP contribution in [0.1, 0.15) is 47.4 Å². The molecule has 2 fully saturated rings. The van der Waals surface area contributed by atoms with Crippen LogP contribution in [0.25, 0.3) is 10.8 Å². The van der Waals surface area contributed by atoms with Gasteiger partial charge in [-0.05, 0) is 44.0 Å². The van der Waals surface area contributed by atoms with E-state index in [9.17, 15) is 4.79 Å². The van der Waals surface area contributed by atoms with E-state index < -0.39 is 0 Å². The minimum atomic E-state index is -0.324. The molecule has 2 aliphatic rings. The highest BCUT2D eigenvalue weighted by atomic mass is 16.1. The molecule has 142 valence electrons. The lowest BCUT2D eigenvalue weighted by molar-refractivity contribution is 0.112. The number of hydrogen-bond acceptors (Lipinski definition) is 5. The lowest BCUT2D eigenvalue weighted by atomic mass is 9.88. The third-order valence-electron chi connectivity index (χ3n) is 6.11. The Balaban J connectivity index is 1.64. The molecule has 0 amide bonds. The number of fused-ring (bicyclic) bond motifs is 1. The van der Waals surface area contributed by atoms with E-state index in [-0.39, 0.29) is 5.54 Å². The normalized spacial score (nSPS) is 22.4. The fourth-order valence-corrected chi connectivity index (χ4v) is 4.40. The van der Waals surface area contributed by atoms with E-state index in [4.69, 9.17) is 10.2 Å². The zero-order chi connectivity index (χ0) is 19.1. The average molecular weight is 372 g/mol. The second-order valence-corrected chi connectivity index (χ2v) is 8.07. The van der Waals surface area contributed by atoms with Crippen molar-refractivity contribution in [2.24, 2.45) is 0 Å². The van der Waals surface area contributed by atoms with Crippen molar-refractivity contribution in [1.29, 1.82) is 0 Å². The van der Waals surface area contributed by atoms with Crippen molar-refractivity contribution in [1.82, 2.24) is 15.5 Å². The molecule has 28 heavy (non-hydrogen) atoms. The van der Waals surface area contributed by atoms with Crippen molar-refractivity contribution in [3.05, 3.63) is 65.5 Å². The highest BCUT2D eigenvalue weighted by Crippen LogP contribution is 2.43. The van der Waals surface area contributed by atoms with Crippen LogP contribution in [0.4, 0.5) is 5.69 Å². The third kappa shape index (κ3) is 2.78. The summed E-state index contributed by atoms with van der Waals surface area (Å²) in [5.74, 6) is 0.565. The number of rotatable bonds is 4. The molecular weight excluding hydrogens is 348 g/mol. The Morgan fingerprint density at radius 1 is 1.07 bits per heavy atom. The van der Waals surface area contributed by atoms with Crippen molar-refractivity contribution in [2.45, 2.75) is 31.2 Å². The number of piperazine rings is 1. The summed E-state index contributed by atoms with van der Waals surface area (Å²) in [6.07, 6.45) is 3.31. The Kier molecular flexibility index (Phi) is 4.13. The number of nitrogens with one attached hydrogen (secondary N) is 1. The lowest BCUT2D eigenvalue weighted by Crippen LogP contribution is -2.58. The molecule has 1 aliphatic heterocycles. The van der Waals surface area contributed by atoms with Crippen molar-refractivity contribution < 1.29 is 4.79 Å². The van der Waals surface area contributed by atoms with E-state index >= 15 is 0 Å². The van der Waals surface area contributed by atoms with Gasteiger partial charge in [-0.2, -0.15) is 10.2 Å². The van der Waals surface area contributed by atoms with Crippen LogP contribution >= 0.6 is 0 Å². The second-order valence-electron chi connectivity index (χ2n) is 8.07. The first-order chi connectivity index (χ1) is 13.7. The molecular formula is C23H24N4O. The summed E-state index contributed by atoms with van der Waals surface area (Å²) in [5.41, 5.74) is 3.63. The van der Waals surface area contributed by atoms with E-state index in [1.165, 1.54) is 23.6 Å². The molecule has 2 heterocycles. The van der Waals surface area contributed by atoms with Gasteiger partial charge in [-0.15, -0.1) is 0 Å². The molecule has 1 saturated heterocycles. The number of carbonyl (C=O) groups excluding carboxylic acids is 1. The Morgan fingerprint density at radius 3 is 2.54 bits per heavy atom. The minimum Gasteiger partial charge on any atom is -0.358 e. The largest absolute Gasteiger partial charge is 0.358 e. The zero-order valence-electron chi connectivity index (χ0n) is 16.1. The molecule has 0 spiro atoms. The lowest BCUT2D eigenvalue weighted by Gasteiger charge is -2.46. The summed E-state index contributed by atoms with van der Waals surface area (Å²) in [5, 5.41) is 15.5. The molecule has 1 atom stereocenters. The van der Waals surface area contributed by atoms with Gasteiger partial charge in [0.15, 0.2) is 0 Å². The molecule has 5 nitrogen and oxygen atoms in total. The first kappa shape index (κ1) is 17.3. The van der Waals surface area contributed by atoms with Gasteiger partial charge in [0.25, 0.3) is 0 Å². The number of hydrogen-bond donors (Lipinski definition) is 1. The first-order valence-electron chi connectivity index (χ1n) is 10.00. The summed E-state index contributed by atoms with van der Waals surface area (Å²) in [6.45, 7) is 4.82. The molecule has 0 radical (unpaired) electrons.